The number of hydrogen-bond donors (Lipinski definition) is 0. The van der Waals surface area contributed by atoms with Crippen LogP contribution in [-0.4, -0.2) is 35.2 Å². The van der Waals surface area contributed by atoms with Crippen LogP contribution >= 0.6 is 0 Å². The summed E-state index contributed by atoms with van der Waals surface area (Å²) in [4.78, 5) is 6.22. The lowest BCUT2D eigenvalue weighted by Crippen LogP contribution is -2.18. The summed E-state index contributed by atoms with van der Waals surface area (Å²) in [6.07, 6.45) is 5.08. The van der Waals surface area contributed by atoms with Crippen molar-refractivity contribution >= 4 is 0 Å². The number of rotatable bonds is 7. The Morgan fingerprint density at radius 1 is 1.44 bits per heavy atom. The van der Waals surface area contributed by atoms with Crippen LogP contribution in [0.1, 0.15) is 38.6 Å². The van der Waals surface area contributed by atoms with E-state index < -0.39 is 0 Å². The van der Waals surface area contributed by atoms with Gasteiger partial charge < -0.3 is 9.26 Å². The third kappa shape index (κ3) is 4.86. The summed E-state index contributed by atoms with van der Waals surface area (Å²) in [5.74, 6) is 4.19. The maximum atomic E-state index is 5.62. The molecule has 0 fully saturated rings. The fourth-order valence-corrected chi connectivity index (χ4v) is 1.35. The van der Waals surface area contributed by atoms with E-state index in [9.17, 15) is 0 Å². The number of hydrogen-bond acceptors (Lipinski definition) is 5. The number of nitrogens with zero attached hydrogens (tertiary/aromatic N) is 3. The van der Waals surface area contributed by atoms with Crippen molar-refractivity contribution in [3.05, 3.63) is 11.7 Å². The van der Waals surface area contributed by atoms with E-state index in [2.05, 4.69) is 29.9 Å². The number of terminal acetylenes is 1. The fraction of sp³-hybridized carbons (Fsp3) is 0.692. The van der Waals surface area contributed by atoms with Gasteiger partial charge in [0.25, 0.3) is 0 Å². The highest BCUT2D eigenvalue weighted by atomic mass is 16.5. The zero-order valence-corrected chi connectivity index (χ0v) is 11.5. The predicted molar refractivity (Wildman–Crippen MR) is 68.7 cm³/mol. The van der Waals surface area contributed by atoms with Crippen molar-refractivity contribution in [3.8, 4) is 12.3 Å². The summed E-state index contributed by atoms with van der Waals surface area (Å²) in [6.45, 7) is 7.90. The average Bonchev–Trinajstić information content (AvgIpc) is 2.74. The Labute approximate surface area is 109 Å². The van der Waals surface area contributed by atoms with Crippen LogP contribution in [0, 0.1) is 18.3 Å². The van der Waals surface area contributed by atoms with Gasteiger partial charge in [0, 0.05) is 6.61 Å². The first-order chi connectivity index (χ1) is 8.52. The van der Waals surface area contributed by atoms with E-state index in [0.29, 0.717) is 37.3 Å². The van der Waals surface area contributed by atoms with Gasteiger partial charge in [-0.1, -0.05) is 24.9 Å². The molecule has 0 saturated heterocycles. The van der Waals surface area contributed by atoms with Gasteiger partial charge in [0.15, 0.2) is 5.82 Å². The van der Waals surface area contributed by atoms with Crippen molar-refractivity contribution in [2.45, 2.75) is 33.4 Å². The van der Waals surface area contributed by atoms with Gasteiger partial charge in [-0.2, -0.15) is 4.98 Å². The molecule has 0 aliphatic heterocycles. The van der Waals surface area contributed by atoms with E-state index in [1.807, 2.05) is 18.9 Å². The molecule has 1 atom stereocenters. The van der Waals surface area contributed by atoms with E-state index >= 15 is 0 Å². The lowest BCUT2D eigenvalue weighted by Gasteiger charge is -2.11. The van der Waals surface area contributed by atoms with Crippen LogP contribution < -0.4 is 0 Å². The maximum Gasteiger partial charge on any atom is 0.240 e. The van der Waals surface area contributed by atoms with Crippen molar-refractivity contribution in [2.24, 2.45) is 5.92 Å². The predicted octanol–water partition coefficient (Wildman–Crippen LogP) is 1.87. The third-order valence-corrected chi connectivity index (χ3v) is 2.29. The van der Waals surface area contributed by atoms with E-state index in [1.54, 1.807) is 0 Å². The van der Waals surface area contributed by atoms with Crippen molar-refractivity contribution in [3.63, 3.8) is 0 Å². The highest BCUT2D eigenvalue weighted by Crippen LogP contribution is 2.14. The molecule has 1 rings (SSSR count). The molecule has 5 heteroatoms. The number of aromatic nitrogens is 2. The molecule has 0 saturated carbocycles. The van der Waals surface area contributed by atoms with Gasteiger partial charge in [-0.25, -0.2) is 0 Å². The summed E-state index contributed by atoms with van der Waals surface area (Å²) in [5, 5.41) is 3.92. The molecule has 1 aromatic rings. The molecule has 100 valence electrons. The Bertz CT molecular complexity index is 395. The Balaban J connectivity index is 2.49. The van der Waals surface area contributed by atoms with Crippen molar-refractivity contribution in [2.75, 3.05) is 20.2 Å². The fourth-order valence-electron chi connectivity index (χ4n) is 1.35. The molecule has 0 spiro atoms. The van der Waals surface area contributed by atoms with E-state index in [0.717, 1.165) is 0 Å². The summed E-state index contributed by atoms with van der Waals surface area (Å²) < 4.78 is 10.8. The van der Waals surface area contributed by atoms with Crippen molar-refractivity contribution in [1.82, 2.24) is 15.0 Å². The monoisotopic (exact) mass is 251 g/mol. The van der Waals surface area contributed by atoms with Gasteiger partial charge in [-0.05, 0) is 19.9 Å². The minimum atomic E-state index is -0.150. The molecule has 0 aromatic carbocycles. The molecule has 1 heterocycles. The first-order valence-electron chi connectivity index (χ1n) is 6.09. The second-order valence-electron chi connectivity index (χ2n) is 4.79. The van der Waals surface area contributed by atoms with Crippen molar-refractivity contribution < 1.29 is 9.26 Å². The van der Waals surface area contributed by atoms with E-state index in [4.69, 9.17) is 15.7 Å². The maximum absolute atomic E-state index is 5.62. The summed E-state index contributed by atoms with van der Waals surface area (Å²) in [6, 6.07) is 0. The van der Waals surface area contributed by atoms with Gasteiger partial charge in [0.2, 0.25) is 5.89 Å². The molecule has 0 aliphatic rings. The minimum absolute atomic E-state index is 0.150. The molecule has 1 unspecified atom stereocenters. The lowest BCUT2D eigenvalue weighted by atomic mass is 10.2. The molecule has 5 nitrogen and oxygen atoms in total. The summed E-state index contributed by atoms with van der Waals surface area (Å²) in [7, 11) is 1.91. The first kappa shape index (κ1) is 14.7. The largest absolute Gasteiger partial charge is 0.370 e. The van der Waals surface area contributed by atoms with Gasteiger partial charge in [-0.3, -0.25) is 4.90 Å². The Kier molecular flexibility index (Phi) is 5.83. The first-order valence-corrected chi connectivity index (χ1v) is 6.09. The topological polar surface area (TPSA) is 51.4 Å². The molecule has 0 aliphatic carbocycles. The van der Waals surface area contributed by atoms with Crippen LogP contribution in [0.15, 0.2) is 4.52 Å². The van der Waals surface area contributed by atoms with E-state index in [1.165, 1.54) is 0 Å². The second-order valence-corrected chi connectivity index (χ2v) is 4.79. The smallest absolute Gasteiger partial charge is 0.240 e. The van der Waals surface area contributed by atoms with Crippen LogP contribution in [0.25, 0.3) is 0 Å². The van der Waals surface area contributed by atoms with Crippen LogP contribution in [0.3, 0.4) is 0 Å². The number of ether oxygens (including phenoxy) is 1. The van der Waals surface area contributed by atoms with Crippen molar-refractivity contribution in [1.29, 1.82) is 0 Å². The SMILES string of the molecule is C#CCN(C)Cc1nc(C(C)OCC(C)C)no1. The van der Waals surface area contributed by atoms with Crippen LogP contribution in [0.5, 0.6) is 0 Å². The molecule has 18 heavy (non-hydrogen) atoms. The standard InChI is InChI=1S/C13H21N3O2/c1-6-7-16(5)8-12-14-13(15-18-12)11(4)17-9-10(2)3/h1,10-11H,7-9H2,2-5H3. The Hall–Kier alpha value is -1.38. The molecule has 0 bridgehead atoms. The normalized spacial score (nSPS) is 12.9. The van der Waals surface area contributed by atoms with Crippen LogP contribution in [0.2, 0.25) is 0 Å². The second kappa shape index (κ2) is 7.14. The van der Waals surface area contributed by atoms with Gasteiger partial charge in [0.1, 0.15) is 6.10 Å². The summed E-state index contributed by atoms with van der Waals surface area (Å²) in [5.41, 5.74) is 0. The molecule has 0 N–H and O–H groups in total. The Morgan fingerprint density at radius 3 is 2.78 bits per heavy atom. The molecule has 1 aromatic heterocycles. The molecular weight excluding hydrogens is 230 g/mol. The van der Waals surface area contributed by atoms with E-state index in [-0.39, 0.29) is 6.10 Å². The molecule has 0 radical (unpaired) electrons. The zero-order chi connectivity index (χ0) is 13.5. The highest BCUT2D eigenvalue weighted by Gasteiger charge is 2.15. The van der Waals surface area contributed by atoms with Crippen LogP contribution in [0.4, 0.5) is 0 Å². The third-order valence-electron chi connectivity index (χ3n) is 2.29. The van der Waals surface area contributed by atoms with Gasteiger partial charge in [0.05, 0.1) is 13.1 Å². The average molecular weight is 251 g/mol. The summed E-state index contributed by atoms with van der Waals surface area (Å²) >= 11 is 0. The van der Waals surface area contributed by atoms with Crippen LogP contribution in [-0.2, 0) is 11.3 Å². The molecular formula is C13H21N3O2. The lowest BCUT2D eigenvalue weighted by molar-refractivity contribution is 0.0402. The van der Waals surface area contributed by atoms with Gasteiger partial charge in [-0.15, -0.1) is 6.42 Å². The molecule has 0 amide bonds. The highest BCUT2D eigenvalue weighted by molar-refractivity contribution is 4.92. The quantitative estimate of drug-likeness (QED) is 0.692. The Morgan fingerprint density at radius 2 is 2.17 bits per heavy atom. The van der Waals surface area contributed by atoms with Gasteiger partial charge >= 0.3 is 0 Å². The zero-order valence-electron chi connectivity index (χ0n) is 11.5. The minimum Gasteiger partial charge on any atom is -0.370 e.